The number of nitrogens with zero attached hydrogens (tertiary/aromatic N) is 1. The van der Waals surface area contributed by atoms with Gasteiger partial charge >= 0.3 is 0 Å². The van der Waals surface area contributed by atoms with Crippen LogP contribution < -0.4 is 5.43 Å². The highest BCUT2D eigenvalue weighted by Gasteiger charge is 2.02. The zero-order chi connectivity index (χ0) is 12.1. The van der Waals surface area contributed by atoms with Crippen LogP contribution in [0.2, 0.25) is 0 Å². The van der Waals surface area contributed by atoms with Gasteiger partial charge in [0.2, 0.25) is 0 Å². The van der Waals surface area contributed by atoms with Crippen LogP contribution in [0, 0.1) is 6.92 Å². The van der Waals surface area contributed by atoms with Gasteiger partial charge in [0, 0.05) is 18.4 Å². The third kappa shape index (κ3) is 3.66. The molecule has 2 aromatic rings. The average molecular weight is 228 g/mol. The minimum absolute atomic E-state index is 0.475. The van der Waals surface area contributed by atoms with Gasteiger partial charge in [-0.15, -0.1) is 0 Å². The van der Waals surface area contributed by atoms with Gasteiger partial charge in [0.1, 0.15) is 0 Å². The minimum atomic E-state index is 0.475. The fourth-order valence-electron chi connectivity index (χ4n) is 1.99. The molecule has 2 nitrogen and oxygen atoms in total. The van der Waals surface area contributed by atoms with Crippen LogP contribution >= 0.6 is 0 Å². The van der Waals surface area contributed by atoms with Crippen LogP contribution in [0.4, 0.5) is 0 Å². The van der Waals surface area contributed by atoms with Crippen LogP contribution in [-0.4, -0.2) is 10.7 Å². The maximum Gasteiger partial charge on any atom is 0.0399 e. The second kappa shape index (κ2) is 5.58. The molecule has 0 saturated carbocycles. The van der Waals surface area contributed by atoms with Gasteiger partial charge < -0.3 is 5.43 Å². The SMILES string of the molecule is Cc1cccc(CCC(C)Nn2cccc2)c1. The van der Waals surface area contributed by atoms with Crippen molar-refractivity contribution in [1.82, 2.24) is 4.68 Å². The van der Waals surface area contributed by atoms with Crippen molar-refractivity contribution in [3.63, 3.8) is 0 Å². The lowest BCUT2D eigenvalue weighted by Crippen LogP contribution is -2.24. The van der Waals surface area contributed by atoms with Gasteiger partial charge in [0.05, 0.1) is 0 Å². The smallest absolute Gasteiger partial charge is 0.0399 e. The van der Waals surface area contributed by atoms with Gasteiger partial charge in [-0.3, -0.25) is 4.68 Å². The Kier molecular flexibility index (Phi) is 3.86. The van der Waals surface area contributed by atoms with Gasteiger partial charge in [-0.2, -0.15) is 0 Å². The Morgan fingerprint density at radius 1 is 1.18 bits per heavy atom. The Balaban J connectivity index is 1.82. The molecule has 1 aromatic carbocycles. The van der Waals surface area contributed by atoms with Gasteiger partial charge in [-0.05, 0) is 44.4 Å². The van der Waals surface area contributed by atoms with Crippen molar-refractivity contribution in [2.75, 3.05) is 5.43 Å². The normalized spacial score (nSPS) is 12.4. The van der Waals surface area contributed by atoms with E-state index in [1.54, 1.807) is 0 Å². The predicted molar refractivity (Wildman–Crippen MR) is 72.8 cm³/mol. The molecule has 1 aromatic heterocycles. The van der Waals surface area contributed by atoms with Crippen molar-refractivity contribution in [3.8, 4) is 0 Å². The fourth-order valence-corrected chi connectivity index (χ4v) is 1.99. The number of rotatable bonds is 5. The van der Waals surface area contributed by atoms with E-state index in [9.17, 15) is 0 Å². The molecule has 0 fully saturated rings. The summed E-state index contributed by atoms with van der Waals surface area (Å²) in [5, 5.41) is 0. The molecular formula is C15H20N2. The lowest BCUT2D eigenvalue weighted by molar-refractivity contribution is 0.633. The molecule has 2 rings (SSSR count). The van der Waals surface area contributed by atoms with E-state index in [0.29, 0.717) is 6.04 Å². The Morgan fingerprint density at radius 3 is 2.65 bits per heavy atom. The van der Waals surface area contributed by atoms with Crippen LogP contribution in [0.25, 0.3) is 0 Å². The number of aryl methyl sites for hydroxylation is 2. The first-order chi connectivity index (χ1) is 8.24. The van der Waals surface area contributed by atoms with Crippen molar-refractivity contribution >= 4 is 0 Å². The molecule has 0 radical (unpaired) electrons. The van der Waals surface area contributed by atoms with E-state index in [1.165, 1.54) is 11.1 Å². The molecule has 0 aliphatic heterocycles. The van der Waals surface area contributed by atoms with E-state index in [4.69, 9.17) is 0 Å². The summed E-state index contributed by atoms with van der Waals surface area (Å²) in [6, 6.07) is 13.3. The largest absolute Gasteiger partial charge is 0.324 e. The van der Waals surface area contributed by atoms with Crippen LogP contribution in [0.3, 0.4) is 0 Å². The summed E-state index contributed by atoms with van der Waals surface area (Å²) >= 11 is 0. The van der Waals surface area contributed by atoms with Crippen molar-refractivity contribution < 1.29 is 0 Å². The molecule has 90 valence electrons. The zero-order valence-electron chi connectivity index (χ0n) is 10.6. The summed E-state index contributed by atoms with van der Waals surface area (Å²) in [6.45, 7) is 4.36. The summed E-state index contributed by atoms with van der Waals surface area (Å²) in [4.78, 5) is 0. The topological polar surface area (TPSA) is 17.0 Å². The van der Waals surface area contributed by atoms with E-state index < -0.39 is 0 Å². The van der Waals surface area contributed by atoms with Crippen LogP contribution in [0.1, 0.15) is 24.5 Å². The van der Waals surface area contributed by atoms with Crippen LogP contribution in [-0.2, 0) is 6.42 Å². The Hall–Kier alpha value is -1.70. The maximum absolute atomic E-state index is 3.42. The first-order valence-corrected chi connectivity index (χ1v) is 6.19. The molecular weight excluding hydrogens is 208 g/mol. The van der Waals surface area contributed by atoms with Crippen molar-refractivity contribution in [3.05, 3.63) is 59.9 Å². The molecule has 1 atom stereocenters. The molecule has 1 heterocycles. The first kappa shape index (κ1) is 11.8. The number of hydrogen-bond acceptors (Lipinski definition) is 1. The zero-order valence-corrected chi connectivity index (χ0v) is 10.6. The molecule has 0 saturated heterocycles. The molecule has 17 heavy (non-hydrogen) atoms. The van der Waals surface area contributed by atoms with E-state index in [2.05, 4.69) is 43.5 Å². The highest BCUT2D eigenvalue weighted by atomic mass is 15.4. The maximum atomic E-state index is 3.42. The summed E-state index contributed by atoms with van der Waals surface area (Å²) < 4.78 is 2.01. The van der Waals surface area contributed by atoms with E-state index in [1.807, 2.05) is 29.2 Å². The molecule has 0 aliphatic rings. The predicted octanol–water partition coefficient (Wildman–Crippen LogP) is 3.36. The molecule has 1 unspecified atom stereocenters. The fraction of sp³-hybridized carbons (Fsp3) is 0.333. The van der Waals surface area contributed by atoms with E-state index >= 15 is 0 Å². The van der Waals surface area contributed by atoms with E-state index in [0.717, 1.165) is 12.8 Å². The molecule has 1 N–H and O–H groups in total. The molecule has 0 aliphatic carbocycles. The average Bonchev–Trinajstić information content (AvgIpc) is 2.79. The number of benzene rings is 1. The summed E-state index contributed by atoms with van der Waals surface area (Å²) in [5.41, 5.74) is 6.19. The highest BCUT2D eigenvalue weighted by molar-refractivity contribution is 5.22. The number of hydrogen-bond donors (Lipinski definition) is 1. The molecule has 2 heteroatoms. The molecule has 0 spiro atoms. The lowest BCUT2D eigenvalue weighted by Gasteiger charge is -2.16. The number of aromatic nitrogens is 1. The van der Waals surface area contributed by atoms with Gasteiger partial charge in [-0.1, -0.05) is 29.8 Å². The third-order valence-corrected chi connectivity index (χ3v) is 2.92. The van der Waals surface area contributed by atoms with Gasteiger partial charge in [0.25, 0.3) is 0 Å². The summed E-state index contributed by atoms with van der Waals surface area (Å²) in [7, 11) is 0. The quantitative estimate of drug-likeness (QED) is 0.830. The van der Waals surface area contributed by atoms with E-state index in [-0.39, 0.29) is 0 Å². The van der Waals surface area contributed by atoms with Gasteiger partial charge in [-0.25, -0.2) is 0 Å². The Bertz CT molecular complexity index is 446. The van der Waals surface area contributed by atoms with Gasteiger partial charge in [0.15, 0.2) is 0 Å². The van der Waals surface area contributed by atoms with Crippen molar-refractivity contribution in [2.24, 2.45) is 0 Å². The van der Waals surface area contributed by atoms with Crippen molar-refractivity contribution in [2.45, 2.75) is 32.7 Å². The first-order valence-electron chi connectivity index (χ1n) is 6.19. The molecule has 0 bridgehead atoms. The summed E-state index contributed by atoms with van der Waals surface area (Å²) in [5.74, 6) is 0. The lowest BCUT2D eigenvalue weighted by atomic mass is 10.0. The highest BCUT2D eigenvalue weighted by Crippen LogP contribution is 2.08. The second-order valence-corrected chi connectivity index (χ2v) is 4.65. The van der Waals surface area contributed by atoms with Crippen molar-refractivity contribution in [1.29, 1.82) is 0 Å². The standard InChI is InChI=1S/C15H20N2/c1-13-6-5-7-15(12-13)9-8-14(2)16-17-10-3-4-11-17/h3-7,10-12,14,16H,8-9H2,1-2H3. The second-order valence-electron chi connectivity index (χ2n) is 4.65. The third-order valence-electron chi connectivity index (χ3n) is 2.92. The minimum Gasteiger partial charge on any atom is -0.324 e. The summed E-state index contributed by atoms with van der Waals surface area (Å²) in [6.07, 6.45) is 6.32. The number of nitrogens with one attached hydrogen (secondary N) is 1. The van der Waals surface area contributed by atoms with Crippen LogP contribution in [0.5, 0.6) is 0 Å². The molecule has 0 amide bonds. The Morgan fingerprint density at radius 2 is 1.94 bits per heavy atom. The van der Waals surface area contributed by atoms with Crippen LogP contribution in [0.15, 0.2) is 48.8 Å². The Labute approximate surface area is 103 Å². The monoisotopic (exact) mass is 228 g/mol.